The lowest BCUT2D eigenvalue weighted by Gasteiger charge is -2.26. The molecule has 0 radical (unpaired) electrons. The average Bonchev–Trinajstić information content (AvgIpc) is 2.66. The highest BCUT2D eigenvalue weighted by Gasteiger charge is 2.27. The van der Waals surface area contributed by atoms with Crippen LogP contribution in [0.1, 0.15) is 47.1 Å². The zero-order valence-corrected chi connectivity index (χ0v) is 13.3. The van der Waals surface area contributed by atoms with Gasteiger partial charge in [-0.15, -0.1) is 0 Å². The predicted octanol–water partition coefficient (Wildman–Crippen LogP) is 2.33. The Morgan fingerprint density at radius 3 is 2.61 bits per heavy atom. The molecule has 1 aliphatic rings. The maximum absolute atomic E-state index is 12.2. The van der Waals surface area contributed by atoms with Gasteiger partial charge in [0.2, 0.25) is 0 Å². The number of carboxylic acids is 1. The molecule has 23 heavy (non-hydrogen) atoms. The smallest absolute Gasteiger partial charge is 0.410 e. The molecule has 7 heteroatoms. The summed E-state index contributed by atoms with van der Waals surface area (Å²) in [5.74, 6) is -0.833. The van der Waals surface area contributed by atoms with Crippen LogP contribution >= 0.6 is 0 Å². The van der Waals surface area contributed by atoms with Gasteiger partial charge < -0.3 is 19.5 Å². The van der Waals surface area contributed by atoms with Crippen molar-refractivity contribution < 1.29 is 29.0 Å². The lowest BCUT2D eigenvalue weighted by molar-refractivity contribution is 0.0225. The molecule has 0 aromatic heterocycles. The Morgan fingerprint density at radius 2 is 2.04 bits per heavy atom. The second-order valence-corrected chi connectivity index (χ2v) is 6.23. The summed E-state index contributed by atoms with van der Waals surface area (Å²) in [7, 11) is 0. The number of aldehydes is 1. The van der Waals surface area contributed by atoms with Crippen LogP contribution in [0.3, 0.4) is 0 Å². The largest absolute Gasteiger partial charge is 0.491 e. The van der Waals surface area contributed by atoms with Crippen LogP contribution in [0, 0.1) is 0 Å². The van der Waals surface area contributed by atoms with Crippen LogP contribution in [0.15, 0.2) is 12.1 Å². The molecule has 0 saturated carbocycles. The second kappa shape index (κ2) is 6.28. The van der Waals surface area contributed by atoms with Crippen molar-refractivity contribution in [3.05, 3.63) is 28.8 Å². The van der Waals surface area contributed by atoms with Crippen molar-refractivity contribution in [2.24, 2.45) is 0 Å². The molecule has 1 amide bonds. The van der Waals surface area contributed by atoms with Gasteiger partial charge in [-0.05, 0) is 32.9 Å². The molecule has 7 nitrogen and oxygen atoms in total. The average molecular weight is 321 g/mol. The number of hydrogen-bond donors (Lipinski definition) is 1. The standard InChI is InChI=1S/C16H19NO6/c1-16(2,3)23-15(21)17-4-5-22-13-11(8-17)6-10(14(19)20)7-12(13)9-18/h6-7,9H,4-5,8H2,1-3H3,(H,19,20). The molecule has 2 rings (SSSR count). The summed E-state index contributed by atoms with van der Waals surface area (Å²) in [6.07, 6.45) is 0.0383. The van der Waals surface area contributed by atoms with Crippen LogP contribution < -0.4 is 4.74 Å². The highest BCUT2D eigenvalue weighted by molar-refractivity contribution is 5.92. The van der Waals surface area contributed by atoms with Crippen LogP contribution in [0.5, 0.6) is 5.75 Å². The Morgan fingerprint density at radius 1 is 1.35 bits per heavy atom. The van der Waals surface area contributed by atoms with Crippen molar-refractivity contribution in [1.29, 1.82) is 0 Å². The Hall–Kier alpha value is -2.57. The van der Waals surface area contributed by atoms with Gasteiger partial charge in [0.25, 0.3) is 0 Å². The molecule has 0 unspecified atom stereocenters. The van der Waals surface area contributed by atoms with Gasteiger partial charge in [-0.2, -0.15) is 0 Å². The van der Waals surface area contributed by atoms with E-state index >= 15 is 0 Å². The van der Waals surface area contributed by atoms with Crippen molar-refractivity contribution >= 4 is 18.3 Å². The highest BCUT2D eigenvalue weighted by atomic mass is 16.6. The number of ether oxygens (including phenoxy) is 2. The molecule has 1 aliphatic heterocycles. The molecule has 1 N–H and O–H groups in total. The number of carbonyl (C=O) groups is 3. The highest BCUT2D eigenvalue weighted by Crippen LogP contribution is 2.29. The molecule has 0 spiro atoms. The van der Waals surface area contributed by atoms with E-state index in [-0.39, 0.29) is 30.8 Å². The van der Waals surface area contributed by atoms with Crippen LogP contribution in [-0.4, -0.2) is 47.1 Å². The Labute approximate surface area is 133 Å². The maximum Gasteiger partial charge on any atom is 0.410 e. The number of amides is 1. The van der Waals surface area contributed by atoms with Crippen molar-refractivity contribution in [1.82, 2.24) is 4.90 Å². The number of aromatic carboxylic acids is 1. The molecule has 1 aromatic rings. The molecule has 0 fully saturated rings. The van der Waals surface area contributed by atoms with Crippen LogP contribution in [0.4, 0.5) is 4.79 Å². The second-order valence-electron chi connectivity index (χ2n) is 6.23. The van der Waals surface area contributed by atoms with Gasteiger partial charge in [-0.3, -0.25) is 4.79 Å². The van der Waals surface area contributed by atoms with Gasteiger partial charge >= 0.3 is 12.1 Å². The van der Waals surface area contributed by atoms with Gasteiger partial charge in [0.1, 0.15) is 18.0 Å². The number of carboxylic acid groups (broad SMARTS) is 1. The minimum absolute atomic E-state index is 0.0273. The zero-order valence-electron chi connectivity index (χ0n) is 13.3. The van der Waals surface area contributed by atoms with Crippen molar-refractivity contribution in [2.75, 3.05) is 13.2 Å². The van der Waals surface area contributed by atoms with Crippen LogP contribution in [0.25, 0.3) is 0 Å². The normalized spacial score (nSPS) is 14.3. The van der Waals surface area contributed by atoms with E-state index in [4.69, 9.17) is 14.6 Å². The summed E-state index contributed by atoms with van der Waals surface area (Å²) >= 11 is 0. The monoisotopic (exact) mass is 321 g/mol. The van der Waals surface area contributed by atoms with E-state index < -0.39 is 17.7 Å². The minimum atomic E-state index is -1.15. The quantitative estimate of drug-likeness (QED) is 0.840. The summed E-state index contributed by atoms with van der Waals surface area (Å²) in [5, 5.41) is 9.14. The summed E-state index contributed by atoms with van der Waals surface area (Å²) < 4.78 is 10.9. The molecule has 124 valence electrons. The summed E-state index contributed by atoms with van der Waals surface area (Å²) in [6, 6.07) is 2.67. The van der Waals surface area contributed by atoms with E-state index in [0.29, 0.717) is 17.6 Å². The fourth-order valence-electron chi connectivity index (χ4n) is 2.24. The number of rotatable bonds is 2. The van der Waals surface area contributed by atoms with Crippen LogP contribution in [0.2, 0.25) is 0 Å². The molecule has 0 saturated heterocycles. The number of hydrogen-bond acceptors (Lipinski definition) is 5. The molecule has 0 bridgehead atoms. The van der Waals surface area contributed by atoms with E-state index in [2.05, 4.69) is 0 Å². The van der Waals surface area contributed by atoms with E-state index in [0.717, 1.165) is 0 Å². The predicted molar refractivity (Wildman–Crippen MR) is 80.9 cm³/mol. The van der Waals surface area contributed by atoms with Gasteiger partial charge in [0.15, 0.2) is 6.29 Å². The number of fused-ring (bicyclic) bond motifs is 1. The Bertz CT molecular complexity index is 647. The fourth-order valence-corrected chi connectivity index (χ4v) is 2.24. The van der Waals surface area contributed by atoms with E-state index in [9.17, 15) is 14.4 Å². The van der Waals surface area contributed by atoms with Crippen molar-refractivity contribution in [3.63, 3.8) is 0 Å². The first-order valence-corrected chi connectivity index (χ1v) is 7.17. The third-order valence-corrected chi connectivity index (χ3v) is 3.19. The van der Waals surface area contributed by atoms with Crippen LogP contribution in [-0.2, 0) is 11.3 Å². The Kier molecular flexibility index (Phi) is 4.58. The first-order valence-electron chi connectivity index (χ1n) is 7.17. The molecule has 0 atom stereocenters. The first kappa shape index (κ1) is 16.8. The summed E-state index contributed by atoms with van der Waals surface area (Å²) in [4.78, 5) is 36.0. The van der Waals surface area contributed by atoms with E-state index in [1.54, 1.807) is 20.8 Å². The molecular formula is C16H19NO6. The molecule has 1 aromatic carbocycles. The Balaban J connectivity index is 2.35. The van der Waals surface area contributed by atoms with Gasteiger partial charge in [-0.1, -0.05) is 0 Å². The number of benzene rings is 1. The topological polar surface area (TPSA) is 93.1 Å². The number of carbonyl (C=O) groups excluding carboxylic acids is 2. The van der Waals surface area contributed by atoms with Gasteiger partial charge in [-0.25, -0.2) is 9.59 Å². The lowest BCUT2D eigenvalue weighted by atomic mass is 10.0. The van der Waals surface area contributed by atoms with Gasteiger partial charge in [0.05, 0.1) is 24.2 Å². The SMILES string of the molecule is CC(C)(C)OC(=O)N1CCOc2c(C=O)cc(C(=O)O)cc2C1. The fraction of sp³-hybridized carbons (Fsp3) is 0.438. The zero-order chi connectivity index (χ0) is 17.2. The third-order valence-electron chi connectivity index (χ3n) is 3.19. The van der Waals surface area contributed by atoms with Gasteiger partial charge in [0, 0.05) is 5.56 Å². The van der Waals surface area contributed by atoms with E-state index in [1.807, 2.05) is 0 Å². The number of nitrogens with zero attached hydrogens (tertiary/aromatic N) is 1. The molecule has 0 aliphatic carbocycles. The lowest BCUT2D eigenvalue weighted by Crippen LogP contribution is -2.37. The van der Waals surface area contributed by atoms with Crippen molar-refractivity contribution in [3.8, 4) is 5.75 Å². The third kappa shape index (κ3) is 4.00. The summed E-state index contributed by atoms with van der Waals surface area (Å²) in [6.45, 7) is 5.89. The van der Waals surface area contributed by atoms with E-state index in [1.165, 1.54) is 17.0 Å². The molecule has 1 heterocycles. The minimum Gasteiger partial charge on any atom is -0.491 e. The van der Waals surface area contributed by atoms with Crippen molar-refractivity contribution in [2.45, 2.75) is 32.9 Å². The maximum atomic E-state index is 12.2. The molecular weight excluding hydrogens is 302 g/mol. The summed E-state index contributed by atoms with van der Waals surface area (Å²) in [5.41, 5.74) is -0.0361. The first-order chi connectivity index (χ1) is 10.7.